The third kappa shape index (κ3) is 3.11. The van der Waals surface area contributed by atoms with Crippen LogP contribution in [0.4, 0.5) is 23.0 Å². The van der Waals surface area contributed by atoms with Crippen molar-refractivity contribution in [1.82, 2.24) is 19.6 Å². The van der Waals surface area contributed by atoms with Crippen LogP contribution in [0.2, 0.25) is 0 Å². The highest BCUT2D eigenvalue weighted by Gasteiger charge is 2.13. The summed E-state index contributed by atoms with van der Waals surface area (Å²) in [6, 6.07) is 16.3. The van der Waals surface area contributed by atoms with Crippen LogP contribution in [0, 0.1) is 0 Å². The molecule has 8 N–H and O–H groups in total. The quantitative estimate of drug-likeness (QED) is 0.422. The van der Waals surface area contributed by atoms with E-state index >= 15 is 0 Å². The van der Waals surface area contributed by atoms with Gasteiger partial charge in [-0.25, -0.2) is 9.36 Å². The molecule has 2 aromatic heterocycles. The third-order valence-corrected chi connectivity index (χ3v) is 4.79. The number of anilines is 4. The standard InChI is InChI=1S/C20H22N8/c21-17-9-25-27(19(17)23)11-13-5-1-3-7-15(13)16-8-4-2-6-14(16)12-28-20(24)18(22)10-26-28/h1-10H,11-12,21-24H2. The van der Waals surface area contributed by atoms with Crippen LogP contribution in [0.5, 0.6) is 0 Å². The minimum absolute atomic E-state index is 0.461. The van der Waals surface area contributed by atoms with E-state index in [4.69, 9.17) is 22.9 Å². The molecule has 8 heteroatoms. The largest absolute Gasteiger partial charge is 0.394 e. The zero-order valence-corrected chi connectivity index (χ0v) is 15.3. The van der Waals surface area contributed by atoms with Gasteiger partial charge < -0.3 is 22.9 Å². The van der Waals surface area contributed by atoms with E-state index in [9.17, 15) is 0 Å². The summed E-state index contributed by atoms with van der Waals surface area (Å²) in [5.41, 5.74) is 29.0. The van der Waals surface area contributed by atoms with Crippen molar-refractivity contribution in [1.29, 1.82) is 0 Å². The molecule has 4 aromatic rings. The first-order valence-corrected chi connectivity index (χ1v) is 8.84. The number of hydrogen-bond acceptors (Lipinski definition) is 6. The molecule has 0 amide bonds. The average Bonchev–Trinajstić information content (AvgIpc) is 3.19. The lowest BCUT2D eigenvalue weighted by Gasteiger charge is -2.15. The van der Waals surface area contributed by atoms with Gasteiger partial charge >= 0.3 is 0 Å². The van der Waals surface area contributed by atoms with Crippen LogP contribution in [0.15, 0.2) is 60.9 Å². The van der Waals surface area contributed by atoms with Gasteiger partial charge in [-0.3, -0.25) is 0 Å². The third-order valence-electron chi connectivity index (χ3n) is 4.79. The predicted molar refractivity (Wildman–Crippen MR) is 112 cm³/mol. The average molecular weight is 374 g/mol. The first-order chi connectivity index (χ1) is 13.5. The maximum atomic E-state index is 6.03. The number of aromatic nitrogens is 4. The Kier molecular flexibility index (Phi) is 4.36. The van der Waals surface area contributed by atoms with Crippen molar-refractivity contribution in [2.24, 2.45) is 0 Å². The van der Waals surface area contributed by atoms with Gasteiger partial charge in [-0.1, -0.05) is 48.5 Å². The highest BCUT2D eigenvalue weighted by molar-refractivity contribution is 5.71. The van der Waals surface area contributed by atoms with Crippen LogP contribution >= 0.6 is 0 Å². The number of benzene rings is 2. The number of hydrogen-bond donors (Lipinski definition) is 4. The maximum Gasteiger partial charge on any atom is 0.145 e. The molecule has 28 heavy (non-hydrogen) atoms. The molecule has 0 fully saturated rings. The highest BCUT2D eigenvalue weighted by Crippen LogP contribution is 2.29. The topological polar surface area (TPSA) is 140 Å². The van der Waals surface area contributed by atoms with Crippen molar-refractivity contribution >= 4 is 23.0 Å². The Morgan fingerprint density at radius 3 is 1.36 bits per heavy atom. The molecule has 0 unspecified atom stereocenters. The van der Waals surface area contributed by atoms with E-state index < -0.39 is 0 Å². The molecule has 142 valence electrons. The van der Waals surface area contributed by atoms with Crippen molar-refractivity contribution in [3.63, 3.8) is 0 Å². The SMILES string of the molecule is Nc1cnn(Cc2ccccc2-c2ccccc2Cn2ncc(N)c2N)c1N. The molecule has 0 saturated carbocycles. The lowest BCUT2D eigenvalue weighted by atomic mass is 9.95. The Morgan fingerprint density at radius 1 is 0.607 bits per heavy atom. The first kappa shape index (κ1) is 17.5. The van der Waals surface area contributed by atoms with Gasteiger partial charge in [-0.15, -0.1) is 0 Å². The van der Waals surface area contributed by atoms with Crippen molar-refractivity contribution in [2.75, 3.05) is 22.9 Å². The lowest BCUT2D eigenvalue weighted by molar-refractivity contribution is 0.694. The molecule has 0 aliphatic heterocycles. The van der Waals surface area contributed by atoms with Crippen LogP contribution in [-0.4, -0.2) is 19.6 Å². The van der Waals surface area contributed by atoms with E-state index in [1.807, 2.05) is 24.3 Å². The molecular formula is C20H22N8. The predicted octanol–water partition coefficient (Wildman–Crippen LogP) is 2.17. The number of nitrogens with two attached hydrogens (primary N) is 4. The normalized spacial score (nSPS) is 11.0. The van der Waals surface area contributed by atoms with Crippen LogP contribution < -0.4 is 22.9 Å². The molecule has 0 atom stereocenters. The molecule has 2 aromatic carbocycles. The summed E-state index contributed by atoms with van der Waals surface area (Å²) in [7, 11) is 0. The summed E-state index contributed by atoms with van der Waals surface area (Å²) < 4.78 is 3.39. The van der Waals surface area contributed by atoms with Gasteiger partial charge in [0, 0.05) is 0 Å². The summed E-state index contributed by atoms with van der Waals surface area (Å²) in [5.74, 6) is 0.922. The van der Waals surface area contributed by atoms with E-state index in [1.54, 1.807) is 21.8 Å². The van der Waals surface area contributed by atoms with Gasteiger partial charge in [0.05, 0.1) is 36.9 Å². The van der Waals surface area contributed by atoms with Gasteiger partial charge in [-0.2, -0.15) is 10.2 Å². The second-order valence-electron chi connectivity index (χ2n) is 6.60. The minimum atomic E-state index is 0.461. The van der Waals surface area contributed by atoms with Crippen LogP contribution in [0.25, 0.3) is 11.1 Å². The van der Waals surface area contributed by atoms with Gasteiger partial charge in [0.2, 0.25) is 0 Å². The zero-order valence-electron chi connectivity index (χ0n) is 15.3. The molecule has 0 spiro atoms. The van der Waals surface area contributed by atoms with Gasteiger partial charge in [0.25, 0.3) is 0 Å². The highest BCUT2D eigenvalue weighted by atomic mass is 15.3. The molecule has 2 heterocycles. The lowest BCUT2D eigenvalue weighted by Crippen LogP contribution is -2.09. The Morgan fingerprint density at radius 2 is 1.00 bits per heavy atom. The second kappa shape index (κ2) is 6.99. The molecule has 0 aliphatic rings. The van der Waals surface area contributed by atoms with E-state index in [-0.39, 0.29) is 0 Å². The van der Waals surface area contributed by atoms with Crippen molar-refractivity contribution < 1.29 is 0 Å². The molecule has 0 aliphatic carbocycles. The van der Waals surface area contributed by atoms with Gasteiger partial charge in [-0.05, 0) is 22.3 Å². The van der Waals surface area contributed by atoms with Crippen molar-refractivity contribution in [2.45, 2.75) is 13.1 Å². The maximum absolute atomic E-state index is 6.03. The number of rotatable bonds is 5. The minimum Gasteiger partial charge on any atom is -0.394 e. The molecule has 0 radical (unpaired) electrons. The molecule has 0 bridgehead atoms. The fourth-order valence-electron chi connectivity index (χ4n) is 3.24. The monoisotopic (exact) mass is 374 g/mol. The summed E-state index contributed by atoms with van der Waals surface area (Å²) in [4.78, 5) is 0. The van der Waals surface area contributed by atoms with Crippen molar-refractivity contribution in [3.8, 4) is 11.1 Å². The summed E-state index contributed by atoms with van der Waals surface area (Å²) in [5, 5.41) is 8.54. The Balaban J connectivity index is 1.74. The molecule has 0 saturated heterocycles. The Labute approximate surface area is 162 Å². The van der Waals surface area contributed by atoms with Crippen LogP contribution in [-0.2, 0) is 13.1 Å². The van der Waals surface area contributed by atoms with E-state index in [0.29, 0.717) is 36.1 Å². The summed E-state index contributed by atoms with van der Waals surface area (Å²) in [6.07, 6.45) is 3.13. The first-order valence-electron chi connectivity index (χ1n) is 8.84. The number of nitrogens with zero attached hydrogens (tertiary/aromatic N) is 4. The van der Waals surface area contributed by atoms with E-state index in [0.717, 1.165) is 22.3 Å². The zero-order chi connectivity index (χ0) is 19.7. The summed E-state index contributed by atoms with van der Waals surface area (Å²) in [6.45, 7) is 1.04. The molecule has 8 nitrogen and oxygen atoms in total. The second-order valence-corrected chi connectivity index (χ2v) is 6.60. The van der Waals surface area contributed by atoms with Gasteiger partial charge in [0.15, 0.2) is 0 Å². The van der Waals surface area contributed by atoms with Crippen LogP contribution in [0.1, 0.15) is 11.1 Å². The smallest absolute Gasteiger partial charge is 0.145 e. The van der Waals surface area contributed by atoms with E-state index in [2.05, 4.69) is 34.5 Å². The Bertz CT molecular complexity index is 1040. The van der Waals surface area contributed by atoms with Gasteiger partial charge in [0.1, 0.15) is 11.6 Å². The Hall–Kier alpha value is -3.94. The fraction of sp³-hybridized carbons (Fsp3) is 0.100. The molecule has 4 rings (SSSR count). The molecular weight excluding hydrogens is 352 g/mol. The van der Waals surface area contributed by atoms with Crippen molar-refractivity contribution in [3.05, 3.63) is 72.1 Å². The fourth-order valence-corrected chi connectivity index (χ4v) is 3.24. The summed E-state index contributed by atoms with van der Waals surface area (Å²) >= 11 is 0. The van der Waals surface area contributed by atoms with Crippen LogP contribution in [0.3, 0.4) is 0 Å². The number of nitrogen functional groups attached to an aromatic ring is 4. The van der Waals surface area contributed by atoms with E-state index in [1.165, 1.54) is 0 Å².